The van der Waals surface area contributed by atoms with E-state index in [2.05, 4.69) is 19.1 Å². The second kappa shape index (κ2) is 7.80. The van der Waals surface area contributed by atoms with Gasteiger partial charge in [0.05, 0.1) is 6.10 Å². The summed E-state index contributed by atoms with van der Waals surface area (Å²) in [5.41, 5.74) is 0. The van der Waals surface area contributed by atoms with Gasteiger partial charge in [0.15, 0.2) is 0 Å². The third-order valence-electron chi connectivity index (χ3n) is 1.80. The Labute approximate surface area is 70.1 Å². The van der Waals surface area contributed by atoms with Gasteiger partial charge in [0.25, 0.3) is 0 Å². The summed E-state index contributed by atoms with van der Waals surface area (Å²) in [6, 6.07) is 0. The number of allylic oxidation sites excluding steroid dienone is 2. The molecule has 0 aromatic rings. The topological polar surface area (TPSA) is 20.2 Å². The van der Waals surface area contributed by atoms with E-state index in [1.165, 1.54) is 12.8 Å². The van der Waals surface area contributed by atoms with Crippen molar-refractivity contribution in [3.8, 4) is 0 Å². The van der Waals surface area contributed by atoms with Crippen LogP contribution < -0.4 is 0 Å². The molecular weight excluding hydrogens is 136 g/mol. The highest BCUT2D eigenvalue weighted by Crippen LogP contribution is 2.16. The van der Waals surface area contributed by atoms with Crippen LogP contribution in [0.1, 0.15) is 46.0 Å². The van der Waals surface area contributed by atoms with Crippen LogP contribution in [0, 0.1) is 0 Å². The maximum Gasteiger partial charge on any atom is 0.0540 e. The van der Waals surface area contributed by atoms with Gasteiger partial charge in [-0.1, -0.05) is 31.9 Å². The zero-order chi connectivity index (χ0) is 8.53. The summed E-state index contributed by atoms with van der Waals surface area (Å²) < 4.78 is 0. The van der Waals surface area contributed by atoms with Crippen LogP contribution >= 0.6 is 0 Å². The van der Waals surface area contributed by atoms with Crippen molar-refractivity contribution in [3.63, 3.8) is 0 Å². The van der Waals surface area contributed by atoms with Crippen LogP contribution in [-0.4, -0.2) is 11.2 Å². The third-order valence-corrected chi connectivity index (χ3v) is 1.80. The Bertz CT molecular complexity index is 91.0. The van der Waals surface area contributed by atoms with Crippen LogP contribution in [0.3, 0.4) is 0 Å². The molecule has 0 heterocycles. The molecule has 1 fully saturated rings. The lowest BCUT2D eigenvalue weighted by Gasteiger charge is -1.91. The van der Waals surface area contributed by atoms with E-state index in [0.717, 1.165) is 19.3 Å². The van der Waals surface area contributed by atoms with E-state index in [1.54, 1.807) is 0 Å². The van der Waals surface area contributed by atoms with Gasteiger partial charge in [-0.2, -0.15) is 0 Å². The Morgan fingerprint density at radius 3 is 2.00 bits per heavy atom. The Kier molecular flexibility index (Phi) is 7.59. The standard InChI is InChI=1S/C5H10O.C5H10/c6-5-3-1-2-4-5;1-3-5-4-2/h5-6H,1-4H2;3,5H,4H2,1-2H3. The van der Waals surface area contributed by atoms with E-state index < -0.39 is 0 Å². The summed E-state index contributed by atoms with van der Waals surface area (Å²) >= 11 is 0. The molecule has 66 valence electrons. The van der Waals surface area contributed by atoms with E-state index in [0.29, 0.717) is 0 Å². The monoisotopic (exact) mass is 156 g/mol. The van der Waals surface area contributed by atoms with Gasteiger partial charge in [0.1, 0.15) is 0 Å². The highest BCUT2D eigenvalue weighted by Gasteiger charge is 2.09. The molecule has 0 aliphatic heterocycles. The molecule has 0 saturated heterocycles. The van der Waals surface area contributed by atoms with E-state index in [9.17, 15) is 0 Å². The van der Waals surface area contributed by atoms with E-state index >= 15 is 0 Å². The summed E-state index contributed by atoms with van der Waals surface area (Å²) in [4.78, 5) is 0. The molecule has 0 aromatic carbocycles. The lowest BCUT2D eigenvalue weighted by molar-refractivity contribution is 0.183. The van der Waals surface area contributed by atoms with Crippen molar-refractivity contribution in [3.05, 3.63) is 12.2 Å². The summed E-state index contributed by atoms with van der Waals surface area (Å²) in [7, 11) is 0. The van der Waals surface area contributed by atoms with Gasteiger partial charge >= 0.3 is 0 Å². The average molecular weight is 156 g/mol. The van der Waals surface area contributed by atoms with Crippen LogP contribution in [-0.2, 0) is 0 Å². The van der Waals surface area contributed by atoms with Crippen LogP contribution in [0.25, 0.3) is 0 Å². The normalized spacial score (nSPS) is 18.5. The number of hydrogen-bond donors (Lipinski definition) is 1. The van der Waals surface area contributed by atoms with Gasteiger partial charge < -0.3 is 5.11 Å². The van der Waals surface area contributed by atoms with Gasteiger partial charge in [0.2, 0.25) is 0 Å². The minimum absolute atomic E-state index is 0.0463. The summed E-state index contributed by atoms with van der Waals surface area (Å²) in [6.45, 7) is 4.16. The molecule has 0 radical (unpaired) electrons. The van der Waals surface area contributed by atoms with Gasteiger partial charge in [-0.3, -0.25) is 0 Å². The fourth-order valence-corrected chi connectivity index (χ4v) is 1.14. The molecule has 0 amide bonds. The Morgan fingerprint density at radius 1 is 1.36 bits per heavy atom. The second-order valence-corrected chi connectivity index (χ2v) is 2.92. The molecule has 0 atom stereocenters. The van der Waals surface area contributed by atoms with Crippen molar-refractivity contribution in [2.45, 2.75) is 52.1 Å². The predicted molar refractivity (Wildman–Crippen MR) is 49.6 cm³/mol. The highest BCUT2D eigenvalue weighted by molar-refractivity contribution is 4.73. The van der Waals surface area contributed by atoms with Crippen molar-refractivity contribution in [2.24, 2.45) is 0 Å². The molecule has 0 unspecified atom stereocenters. The van der Waals surface area contributed by atoms with Crippen molar-refractivity contribution in [1.29, 1.82) is 0 Å². The smallest absolute Gasteiger partial charge is 0.0540 e. The zero-order valence-electron chi connectivity index (χ0n) is 7.71. The molecule has 1 aliphatic rings. The summed E-state index contributed by atoms with van der Waals surface area (Å²) in [6.07, 6.45) is 9.95. The third kappa shape index (κ3) is 7.60. The molecule has 1 N–H and O–H groups in total. The molecule has 1 rings (SSSR count). The van der Waals surface area contributed by atoms with Crippen molar-refractivity contribution in [1.82, 2.24) is 0 Å². The minimum Gasteiger partial charge on any atom is -0.393 e. The average Bonchev–Trinajstić information content (AvgIpc) is 2.43. The SMILES string of the molecule is CC=CCC.OC1CCCC1. The zero-order valence-corrected chi connectivity index (χ0v) is 7.71. The first-order valence-electron chi connectivity index (χ1n) is 4.60. The predicted octanol–water partition coefficient (Wildman–Crippen LogP) is 2.89. The quantitative estimate of drug-likeness (QED) is 0.579. The van der Waals surface area contributed by atoms with Crippen LogP contribution in [0.2, 0.25) is 0 Å². The fraction of sp³-hybridized carbons (Fsp3) is 0.800. The first-order chi connectivity index (χ1) is 5.31. The van der Waals surface area contributed by atoms with Gasteiger partial charge in [0, 0.05) is 0 Å². The molecule has 1 aliphatic carbocycles. The van der Waals surface area contributed by atoms with Gasteiger partial charge in [-0.05, 0) is 26.2 Å². The molecular formula is C10H20O. The fourth-order valence-electron chi connectivity index (χ4n) is 1.14. The van der Waals surface area contributed by atoms with Crippen molar-refractivity contribution in [2.75, 3.05) is 0 Å². The van der Waals surface area contributed by atoms with Crippen LogP contribution in [0.15, 0.2) is 12.2 Å². The number of aliphatic hydroxyl groups is 1. The highest BCUT2D eigenvalue weighted by atomic mass is 16.3. The Morgan fingerprint density at radius 2 is 1.91 bits per heavy atom. The second-order valence-electron chi connectivity index (χ2n) is 2.92. The number of aliphatic hydroxyl groups excluding tert-OH is 1. The molecule has 0 spiro atoms. The van der Waals surface area contributed by atoms with Gasteiger partial charge in [-0.25, -0.2) is 0 Å². The van der Waals surface area contributed by atoms with Crippen molar-refractivity contribution < 1.29 is 5.11 Å². The number of rotatable bonds is 1. The molecule has 1 saturated carbocycles. The lowest BCUT2D eigenvalue weighted by Crippen LogP contribution is -1.94. The molecule has 11 heavy (non-hydrogen) atoms. The molecule has 0 bridgehead atoms. The maximum absolute atomic E-state index is 8.73. The van der Waals surface area contributed by atoms with Gasteiger partial charge in [-0.15, -0.1) is 0 Å². The van der Waals surface area contributed by atoms with E-state index in [4.69, 9.17) is 5.11 Å². The molecule has 1 nitrogen and oxygen atoms in total. The first kappa shape index (κ1) is 10.7. The van der Waals surface area contributed by atoms with Crippen LogP contribution in [0.5, 0.6) is 0 Å². The Hall–Kier alpha value is -0.300. The summed E-state index contributed by atoms with van der Waals surface area (Å²) in [5.74, 6) is 0. The Balaban J connectivity index is 0.000000187. The number of hydrogen-bond acceptors (Lipinski definition) is 1. The van der Waals surface area contributed by atoms with Crippen molar-refractivity contribution >= 4 is 0 Å². The maximum atomic E-state index is 8.73. The van der Waals surface area contributed by atoms with Crippen LogP contribution in [0.4, 0.5) is 0 Å². The largest absolute Gasteiger partial charge is 0.393 e. The lowest BCUT2D eigenvalue weighted by atomic mass is 10.3. The van der Waals surface area contributed by atoms with E-state index in [1.807, 2.05) is 6.92 Å². The molecule has 1 heteroatoms. The molecule has 0 aromatic heterocycles. The summed E-state index contributed by atoms with van der Waals surface area (Å²) in [5, 5.41) is 8.73. The van der Waals surface area contributed by atoms with E-state index in [-0.39, 0.29) is 6.10 Å². The minimum atomic E-state index is 0.0463. The first-order valence-corrected chi connectivity index (χ1v) is 4.60.